The molecule has 0 aliphatic heterocycles. The van der Waals surface area contributed by atoms with E-state index in [1.54, 1.807) is 7.05 Å². The Labute approximate surface area is 72.0 Å². The minimum absolute atomic E-state index is 0.0185. The Balaban J connectivity index is 2.18. The minimum Gasteiger partial charge on any atom is -0.359 e. The number of carbonyl (C=O) groups is 1. The van der Waals surface area contributed by atoms with E-state index in [2.05, 4.69) is 17.5 Å². The second kappa shape index (κ2) is 2.59. The molecule has 2 aliphatic carbocycles. The van der Waals surface area contributed by atoms with Gasteiger partial charge in [-0.15, -0.1) is 0 Å². The van der Waals surface area contributed by atoms with Gasteiger partial charge in [0.05, 0.1) is 5.92 Å². The van der Waals surface area contributed by atoms with Crippen LogP contribution in [-0.4, -0.2) is 19.0 Å². The van der Waals surface area contributed by atoms with Gasteiger partial charge >= 0.3 is 0 Å². The molecule has 1 fully saturated rings. The molecule has 2 aliphatic rings. The van der Waals surface area contributed by atoms with Crippen LogP contribution in [0.2, 0.25) is 0 Å². The molecule has 4 atom stereocenters. The van der Waals surface area contributed by atoms with Crippen molar-refractivity contribution in [3.05, 3.63) is 12.2 Å². The predicted molar refractivity (Wildman–Crippen MR) is 46.3 cm³/mol. The summed E-state index contributed by atoms with van der Waals surface area (Å²) in [5.74, 6) is 0.951. The molecule has 2 rings (SSSR count). The molecule has 0 aromatic rings. The molecule has 0 heterocycles. The molecule has 1 saturated carbocycles. The van der Waals surface area contributed by atoms with Crippen molar-refractivity contribution in [2.45, 2.75) is 12.5 Å². The maximum atomic E-state index is 11.4. The lowest BCUT2D eigenvalue weighted by Crippen LogP contribution is -2.42. The normalized spacial score (nSPS) is 43.5. The van der Waals surface area contributed by atoms with E-state index >= 15 is 0 Å². The highest BCUT2D eigenvalue weighted by Crippen LogP contribution is 2.42. The number of carbonyl (C=O) groups excluding carboxylic acids is 1. The van der Waals surface area contributed by atoms with Crippen LogP contribution in [0.1, 0.15) is 6.42 Å². The first-order valence-corrected chi connectivity index (χ1v) is 4.39. The average molecular weight is 166 g/mol. The smallest absolute Gasteiger partial charge is 0.225 e. The lowest BCUT2D eigenvalue weighted by molar-refractivity contribution is -0.125. The highest BCUT2D eigenvalue weighted by molar-refractivity contribution is 5.80. The fourth-order valence-electron chi connectivity index (χ4n) is 2.40. The first kappa shape index (κ1) is 7.80. The van der Waals surface area contributed by atoms with Crippen molar-refractivity contribution in [2.24, 2.45) is 23.5 Å². The Kier molecular flexibility index (Phi) is 1.68. The molecule has 0 spiro atoms. The zero-order valence-electron chi connectivity index (χ0n) is 7.16. The monoisotopic (exact) mass is 166 g/mol. The maximum absolute atomic E-state index is 11.4. The van der Waals surface area contributed by atoms with Gasteiger partial charge in [0.15, 0.2) is 0 Å². The molecular weight excluding hydrogens is 152 g/mol. The van der Waals surface area contributed by atoms with Crippen molar-refractivity contribution in [1.82, 2.24) is 5.32 Å². The van der Waals surface area contributed by atoms with Crippen LogP contribution in [-0.2, 0) is 4.79 Å². The summed E-state index contributed by atoms with van der Waals surface area (Å²) in [6.07, 6.45) is 5.35. The van der Waals surface area contributed by atoms with Gasteiger partial charge in [0.2, 0.25) is 5.91 Å². The third-order valence-electron chi connectivity index (χ3n) is 3.07. The molecule has 0 saturated heterocycles. The van der Waals surface area contributed by atoms with Crippen LogP contribution >= 0.6 is 0 Å². The number of nitrogens with two attached hydrogens (primary N) is 1. The second-order valence-corrected chi connectivity index (χ2v) is 3.67. The van der Waals surface area contributed by atoms with Crippen molar-refractivity contribution in [3.8, 4) is 0 Å². The lowest BCUT2D eigenvalue weighted by Gasteiger charge is -2.22. The Morgan fingerprint density at radius 3 is 2.67 bits per heavy atom. The predicted octanol–water partition coefficient (Wildman–Crippen LogP) is -0.118. The van der Waals surface area contributed by atoms with Crippen LogP contribution in [0.15, 0.2) is 12.2 Å². The van der Waals surface area contributed by atoms with E-state index in [-0.39, 0.29) is 17.9 Å². The highest BCUT2D eigenvalue weighted by Gasteiger charge is 2.45. The van der Waals surface area contributed by atoms with Gasteiger partial charge in [-0.2, -0.15) is 0 Å². The number of rotatable bonds is 1. The van der Waals surface area contributed by atoms with E-state index in [0.717, 1.165) is 6.42 Å². The molecule has 0 aromatic carbocycles. The van der Waals surface area contributed by atoms with E-state index in [1.807, 2.05) is 0 Å². The molecule has 4 unspecified atom stereocenters. The van der Waals surface area contributed by atoms with Crippen LogP contribution < -0.4 is 11.1 Å². The van der Waals surface area contributed by atoms with Gasteiger partial charge in [-0.1, -0.05) is 12.2 Å². The Morgan fingerprint density at radius 1 is 1.50 bits per heavy atom. The standard InChI is InChI=1S/C9H14N2O/c1-11-9(12)7-5-2-3-6(4-5)8(7)10/h2-3,5-8H,4,10H2,1H3,(H,11,12). The first-order chi connectivity index (χ1) is 5.74. The molecule has 1 amide bonds. The van der Waals surface area contributed by atoms with Crippen molar-refractivity contribution in [1.29, 1.82) is 0 Å². The molecule has 2 bridgehead atoms. The van der Waals surface area contributed by atoms with Crippen molar-refractivity contribution in [2.75, 3.05) is 7.05 Å². The Morgan fingerprint density at radius 2 is 2.17 bits per heavy atom. The molecule has 66 valence electrons. The van der Waals surface area contributed by atoms with Gasteiger partial charge in [-0.3, -0.25) is 4.79 Å². The summed E-state index contributed by atoms with van der Waals surface area (Å²) in [4.78, 5) is 11.4. The van der Waals surface area contributed by atoms with E-state index in [9.17, 15) is 4.79 Å². The summed E-state index contributed by atoms with van der Waals surface area (Å²) < 4.78 is 0. The van der Waals surface area contributed by atoms with E-state index < -0.39 is 0 Å². The molecule has 0 radical (unpaired) electrons. The SMILES string of the molecule is CNC(=O)C1C2C=CC(C2)C1N. The number of allylic oxidation sites excluding steroid dienone is 1. The Bertz CT molecular complexity index is 237. The number of fused-ring (bicyclic) bond motifs is 2. The summed E-state index contributed by atoms with van der Waals surface area (Å²) in [6, 6.07) is 0.0416. The van der Waals surface area contributed by atoms with Crippen LogP contribution in [0.3, 0.4) is 0 Å². The quantitative estimate of drug-likeness (QED) is 0.534. The van der Waals surface area contributed by atoms with Gasteiger partial charge in [0, 0.05) is 13.1 Å². The average Bonchev–Trinajstić information content (AvgIpc) is 2.63. The number of nitrogens with one attached hydrogen (secondary N) is 1. The van der Waals surface area contributed by atoms with Crippen molar-refractivity contribution >= 4 is 5.91 Å². The van der Waals surface area contributed by atoms with Gasteiger partial charge in [0.1, 0.15) is 0 Å². The number of amides is 1. The fourth-order valence-corrected chi connectivity index (χ4v) is 2.40. The third kappa shape index (κ3) is 0.894. The molecule has 3 nitrogen and oxygen atoms in total. The van der Waals surface area contributed by atoms with E-state index in [4.69, 9.17) is 5.73 Å². The summed E-state index contributed by atoms with van der Waals surface area (Å²) in [7, 11) is 1.67. The highest BCUT2D eigenvalue weighted by atomic mass is 16.1. The summed E-state index contributed by atoms with van der Waals surface area (Å²) in [5.41, 5.74) is 5.93. The van der Waals surface area contributed by atoms with Crippen LogP contribution in [0.25, 0.3) is 0 Å². The fraction of sp³-hybridized carbons (Fsp3) is 0.667. The summed E-state index contributed by atoms with van der Waals surface area (Å²) in [5, 5.41) is 2.67. The molecular formula is C9H14N2O. The van der Waals surface area contributed by atoms with E-state index in [1.165, 1.54) is 0 Å². The minimum atomic E-state index is 0.0185. The van der Waals surface area contributed by atoms with Gasteiger partial charge in [-0.25, -0.2) is 0 Å². The first-order valence-electron chi connectivity index (χ1n) is 4.39. The molecule has 12 heavy (non-hydrogen) atoms. The van der Waals surface area contributed by atoms with Crippen LogP contribution in [0.5, 0.6) is 0 Å². The zero-order valence-corrected chi connectivity index (χ0v) is 7.16. The summed E-state index contributed by atoms with van der Waals surface area (Å²) >= 11 is 0. The number of hydrogen-bond donors (Lipinski definition) is 2. The second-order valence-electron chi connectivity index (χ2n) is 3.67. The van der Waals surface area contributed by atoms with Gasteiger partial charge in [0.25, 0.3) is 0 Å². The zero-order chi connectivity index (χ0) is 8.72. The van der Waals surface area contributed by atoms with E-state index in [0.29, 0.717) is 11.8 Å². The largest absolute Gasteiger partial charge is 0.359 e. The summed E-state index contributed by atoms with van der Waals surface area (Å²) in [6.45, 7) is 0. The van der Waals surface area contributed by atoms with Crippen molar-refractivity contribution < 1.29 is 4.79 Å². The lowest BCUT2D eigenvalue weighted by atomic mass is 9.89. The number of hydrogen-bond acceptors (Lipinski definition) is 2. The van der Waals surface area contributed by atoms with Crippen LogP contribution in [0.4, 0.5) is 0 Å². The third-order valence-corrected chi connectivity index (χ3v) is 3.07. The van der Waals surface area contributed by atoms with Gasteiger partial charge in [-0.05, 0) is 18.3 Å². The maximum Gasteiger partial charge on any atom is 0.225 e. The Hall–Kier alpha value is -0.830. The molecule has 3 N–H and O–H groups in total. The van der Waals surface area contributed by atoms with Crippen molar-refractivity contribution in [3.63, 3.8) is 0 Å². The van der Waals surface area contributed by atoms with Crippen LogP contribution in [0, 0.1) is 17.8 Å². The van der Waals surface area contributed by atoms with Gasteiger partial charge < -0.3 is 11.1 Å². The molecule has 0 aromatic heterocycles. The molecule has 3 heteroatoms. The topological polar surface area (TPSA) is 55.1 Å².